The van der Waals surface area contributed by atoms with Gasteiger partial charge in [-0.15, -0.1) is 0 Å². The quantitative estimate of drug-likeness (QED) is 0.400. The first kappa shape index (κ1) is 19.3. The Hall–Kier alpha value is -2.68. The molecule has 3 N–H and O–H groups in total. The highest BCUT2D eigenvalue weighted by atomic mass is 79.9. The summed E-state index contributed by atoms with van der Waals surface area (Å²) in [5, 5.41) is 7.17. The van der Waals surface area contributed by atoms with Gasteiger partial charge in [-0.05, 0) is 49.4 Å². The fourth-order valence-corrected chi connectivity index (χ4v) is 4.29. The topological polar surface area (TPSA) is 100 Å². The summed E-state index contributed by atoms with van der Waals surface area (Å²) >= 11 is 9.90. The van der Waals surface area contributed by atoms with Crippen LogP contribution in [0.15, 0.2) is 50.1 Å². The van der Waals surface area contributed by atoms with Crippen molar-refractivity contribution < 1.29 is 9.21 Å². The van der Waals surface area contributed by atoms with Crippen LogP contribution in [0.3, 0.4) is 0 Å². The fraction of sp³-hybridized carbons (Fsp3) is 0.190. The lowest BCUT2D eigenvalue weighted by Gasteiger charge is -2.11. The molecule has 7 nitrogen and oxygen atoms in total. The Morgan fingerprint density at radius 3 is 2.90 bits per heavy atom. The lowest BCUT2D eigenvalue weighted by atomic mass is 10.1. The number of carbonyl (C=O) groups is 1. The molecule has 3 heterocycles. The number of benzene rings is 2. The smallest absolute Gasteiger partial charge is 0.294 e. The fourth-order valence-electron chi connectivity index (χ4n) is 3.66. The maximum atomic E-state index is 12.6. The molecule has 1 amide bonds. The second-order valence-electron chi connectivity index (χ2n) is 7.21. The Morgan fingerprint density at radius 2 is 2.13 bits per heavy atom. The van der Waals surface area contributed by atoms with Crippen molar-refractivity contribution >= 4 is 61.2 Å². The molecule has 4 aromatic rings. The molecule has 0 bridgehead atoms. The molecule has 1 unspecified atom stereocenters. The minimum Gasteiger partial charge on any atom is -0.449 e. The molecular formula is C21H16BrClN4O3. The average molecular weight is 488 g/mol. The minimum absolute atomic E-state index is 0.0350. The number of nitrogens with zero attached hydrogens (tertiary/aromatic N) is 1. The zero-order chi connectivity index (χ0) is 20.8. The van der Waals surface area contributed by atoms with Gasteiger partial charge in [0.2, 0.25) is 11.5 Å². The van der Waals surface area contributed by atoms with E-state index in [9.17, 15) is 9.59 Å². The van der Waals surface area contributed by atoms with Crippen molar-refractivity contribution in [3.05, 3.63) is 56.2 Å². The maximum Gasteiger partial charge on any atom is 0.294 e. The van der Waals surface area contributed by atoms with Crippen LogP contribution in [0, 0.1) is 5.92 Å². The van der Waals surface area contributed by atoms with E-state index in [1.165, 1.54) is 0 Å². The van der Waals surface area contributed by atoms with Crippen LogP contribution < -0.4 is 16.2 Å². The number of nitrogens with one attached hydrogen (secondary N) is 3. The number of aromatic nitrogens is 2. The third kappa shape index (κ3) is 3.40. The van der Waals surface area contributed by atoms with Crippen LogP contribution in [-0.2, 0) is 4.79 Å². The number of halogens is 2. The summed E-state index contributed by atoms with van der Waals surface area (Å²) in [5.41, 5.74) is 1.98. The molecule has 0 radical (unpaired) electrons. The molecule has 0 spiro atoms. The number of hydrogen-bond acceptors (Lipinski definition) is 5. The molecule has 0 saturated carbocycles. The van der Waals surface area contributed by atoms with Crippen molar-refractivity contribution in [2.24, 2.45) is 5.92 Å². The highest BCUT2D eigenvalue weighted by Gasteiger charge is 2.22. The second-order valence-corrected chi connectivity index (χ2v) is 8.53. The van der Waals surface area contributed by atoms with E-state index in [2.05, 4.69) is 36.5 Å². The Bertz CT molecular complexity index is 1360. The number of carbonyl (C=O) groups excluding carboxylic acids is 1. The molecular weight excluding hydrogens is 472 g/mol. The molecule has 9 heteroatoms. The Labute approximate surface area is 183 Å². The Balaban J connectivity index is 1.53. The normalized spacial score (nSPS) is 16.4. The van der Waals surface area contributed by atoms with Crippen LogP contribution in [0.2, 0.25) is 5.02 Å². The summed E-state index contributed by atoms with van der Waals surface area (Å²) in [7, 11) is 0. The van der Waals surface area contributed by atoms with Crippen molar-refractivity contribution in [1.29, 1.82) is 0 Å². The predicted octanol–water partition coefficient (Wildman–Crippen LogP) is 4.30. The lowest BCUT2D eigenvalue weighted by Crippen LogP contribution is -2.24. The maximum absolute atomic E-state index is 12.6. The van der Waals surface area contributed by atoms with Gasteiger partial charge in [-0.1, -0.05) is 27.5 Å². The van der Waals surface area contributed by atoms with E-state index >= 15 is 0 Å². The summed E-state index contributed by atoms with van der Waals surface area (Å²) in [5.74, 6) is 0.253. The minimum atomic E-state index is -0.385. The number of anilines is 1. The standard InChI is InChI=1S/C21H16BrClN4O3/c22-11-1-4-16-14(7-11)17-18(30-16)21(29)27-19(26-17)13-3-2-12(8-15(13)23)25-20(28)10-5-6-24-9-10/h1-4,7-8,10,24H,5-6,9H2,(H,25,28)(H,26,27,29). The van der Waals surface area contributed by atoms with Gasteiger partial charge in [0.15, 0.2) is 0 Å². The zero-order valence-electron chi connectivity index (χ0n) is 15.6. The van der Waals surface area contributed by atoms with Crippen molar-refractivity contribution in [2.75, 3.05) is 18.4 Å². The molecule has 1 saturated heterocycles. The van der Waals surface area contributed by atoms with E-state index in [0.29, 0.717) is 39.7 Å². The van der Waals surface area contributed by atoms with Crippen LogP contribution in [0.4, 0.5) is 5.69 Å². The number of H-pyrrole nitrogens is 1. The van der Waals surface area contributed by atoms with E-state index in [0.717, 1.165) is 22.8 Å². The summed E-state index contributed by atoms with van der Waals surface area (Å²) in [6, 6.07) is 10.6. The largest absolute Gasteiger partial charge is 0.449 e. The number of aromatic amines is 1. The van der Waals surface area contributed by atoms with Gasteiger partial charge in [-0.25, -0.2) is 4.98 Å². The van der Waals surface area contributed by atoms with Gasteiger partial charge in [-0.2, -0.15) is 0 Å². The van der Waals surface area contributed by atoms with Gasteiger partial charge in [0.25, 0.3) is 5.56 Å². The van der Waals surface area contributed by atoms with Crippen molar-refractivity contribution in [3.63, 3.8) is 0 Å². The third-order valence-electron chi connectivity index (χ3n) is 5.21. The average Bonchev–Trinajstić information content (AvgIpc) is 3.37. The number of amides is 1. The summed E-state index contributed by atoms with van der Waals surface area (Å²) in [4.78, 5) is 32.3. The molecule has 30 heavy (non-hydrogen) atoms. The number of furan rings is 1. The van der Waals surface area contributed by atoms with Crippen LogP contribution in [0.25, 0.3) is 33.5 Å². The van der Waals surface area contributed by atoms with E-state index < -0.39 is 0 Å². The first-order chi connectivity index (χ1) is 14.5. The number of hydrogen-bond donors (Lipinski definition) is 3. The first-order valence-corrected chi connectivity index (χ1v) is 10.6. The molecule has 0 aliphatic carbocycles. The predicted molar refractivity (Wildman–Crippen MR) is 120 cm³/mol. The summed E-state index contributed by atoms with van der Waals surface area (Å²) in [6.07, 6.45) is 0.817. The van der Waals surface area contributed by atoms with Gasteiger partial charge in [0, 0.05) is 27.7 Å². The molecule has 5 rings (SSSR count). The third-order valence-corrected chi connectivity index (χ3v) is 6.01. The highest BCUT2D eigenvalue weighted by molar-refractivity contribution is 9.10. The van der Waals surface area contributed by atoms with E-state index in [4.69, 9.17) is 16.0 Å². The Kier molecular flexibility index (Phi) is 4.85. The molecule has 2 aromatic carbocycles. The van der Waals surface area contributed by atoms with E-state index in [1.54, 1.807) is 24.3 Å². The van der Waals surface area contributed by atoms with Crippen molar-refractivity contribution in [2.45, 2.75) is 6.42 Å². The molecule has 1 atom stereocenters. The van der Waals surface area contributed by atoms with Crippen molar-refractivity contribution in [1.82, 2.24) is 15.3 Å². The highest BCUT2D eigenvalue weighted by Crippen LogP contribution is 2.32. The van der Waals surface area contributed by atoms with Gasteiger partial charge in [0.1, 0.15) is 16.9 Å². The zero-order valence-corrected chi connectivity index (χ0v) is 17.9. The van der Waals surface area contributed by atoms with Crippen molar-refractivity contribution in [3.8, 4) is 11.4 Å². The van der Waals surface area contributed by atoms with E-state index in [1.807, 2.05) is 12.1 Å². The van der Waals surface area contributed by atoms with Gasteiger partial charge in [0.05, 0.1) is 10.9 Å². The Morgan fingerprint density at radius 1 is 1.27 bits per heavy atom. The van der Waals surface area contributed by atoms with E-state index in [-0.39, 0.29) is 23.0 Å². The van der Waals surface area contributed by atoms with Gasteiger partial charge in [-0.3, -0.25) is 9.59 Å². The van der Waals surface area contributed by atoms with Gasteiger partial charge >= 0.3 is 0 Å². The van der Waals surface area contributed by atoms with Crippen LogP contribution >= 0.6 is 27.5 Å². The van der Waals surface area contributed by atoms with Crippen LogP contribution in [0.1, 0.15) is 6.42 Å². The lowest BCUT2D eigenvalue weighted by molar-refractivity contribution is -0.119. The molecule has 2 aromatic heterocycles. The second kappa shape index (κ2) is 7.54. The summed E-state index contributed by atoms with van der Waals surface area (Å²) < 4.78 is 6.52. The monoisotopic (exact) mass is 486 g/mol. The molecule has 1 aliphatic heterocycles. The molecule has 1 aliphatic rings. The number of rotatable bonds is 3. The molecule has 152 valence electrons. The SMILES string of the molecule is O=C(Nc1ccc(-c2nc3c(oc4ccc(Br)cc43)c(=O)[nH]2)c(Cl)c1)C1CCNC1. The molecule has 1 fully saturated rings. The van der Waals surface area contributed by atoms with Crippen LogP contribution in [-0.4, -0.2) is 29.0 Å². The number of fused-ring (bicyclic) bond motifs is 3. The van der Waals surface area contributed by atoms with Gasteiger partial charge < -0.3 is 20.0 Å². The summed E-state index contributed by atoms with van der Waals surface area (Å²) in [6.45, 7) is 1.52. The first-order valence-electron chi connectivity index (χ1n) is 9.43. The van der Waals surface area contributed by atoms with Crippen LogP contribution in [0.5, 0.6) is 0 Å².